The first-order valence-corrected chi connectivity index (χ1v) is 8.98. The summed E-state index contributed by atoms with van der Waals surface area (Å²) in [5, 5.41) is 9.54. The molecule has 6 heteroatoms. The lowest BCUT2D eigenvalue weighted by Gasteiger charge is -2.14. The summed E-state index contributed by atoms with van der Waals surface area (Å²) < 4.78 is 5.24. The third-order valence-electron chi connectivity index (χ3n) is 3.90. The summed E-state index contributed by atoms with van der Waals surface area (Å²) in [6.45, 7) is 4.39. The van der Waals surface area contributed by atoms with E-state index in [0.717, 1.165) is 16.8 Å². The molecule has 0 saturated heterocycles. The molecule has 0 aliphatic carbocycles. The van der Waals surface area contributed by atoms with Gasteiger partial charge >= 0.3 is 0 Å². The first-order valence-electron chi connectivity index (χ1n) is 8.57. The largest absolute Gasteiger partial charge is 0.467 e. The predicted molar refractivity (Wildman–Crippen MR) is 112 cm³/mol. The third-order valence-corrected chi connectivity index (χ3v) is 4.11. The second kappa shape index (κ2) is 8.51. The van der Waals surface area contributed by atoms with Crippen molar-refractivity contribution in [3.05, 3.63) is 83.3 Å². The Morgan fingerprint density at radius 1 is 1.00 bits per heavy atom. The van der Waals surface area contributed by atoms with Crippen molar-refractivity contribution in [2.45, 2.75) is 20.4 Å². The monoisotopic (exact) mass is 379 g/mol. The lowest BCUT2D eigenvalue weighted by Crippen LogP contribution is -2.26. The van der Waals surface area contributed by atoms with E-state index in [2.05, 4.69) is 22.0 Å². The molecular weight excluding hydrogens is 358 g/mol. The van der Waals surface area contributed by atoms with Gasteiger partial charge in [0.25, 0.3) is 5.91 Å². The molecule has 0 radical (unpaired) electrons. The van der Waals surface area contributed by atoms with Gasteiger partial charge in [-0.2, -0.15) is 0 Å². The van der Waals surface area contributed by atoms with Crippen LogP contribution in [0.2, 0.25) is 0 Å². The fraction of sp³-hybridized carbons (Fsp3) is 0.143. The molecule has 0 aliphatic rings. The Labute approximate surface area is 163 Å². The van der Waals surface area contributed by atoms with Crippen molar-refractivity contribution in [1.29, 1.82) is 0 Å². The van der Waals surface area contributed by atoms with E-state index in [1.165, 1.54) is 0 Å². The highest BCUT2D eigenvalue weighted by Crippen LogP contribution is 2.18. The zero-order valence-electron chi connectivity index (χ0n) is 15.2. The highest BCUT2D eigenvalue weighted by molar-refractivity contribution is 7.80. The number of para-hydroxylation sites is 1. The summed E-state index contributed by atoms with van der Waals surface area (Å²) in [6.07, 6.45) is 1.58. The molecule has 0 atom stereocenters. The highest BCUT2D eigenvalue weighted by Gasteiger charge is 2.12. The molecule has 0 saturated carbocycles. The van der Waals surface area contributed by atoms with Crippen LogP contribution in [0.5, 0.6) is 0 Å². The summed E-state index contributed by atoms with van der Waals surface area (Å²) in [7, 11) is 0. The van der Waals surface area contributed by atoms with Crippen molar-refractivity contribution in [2.24, 2.45) is 0 Å². The maximum absolute atomic E-state index is 12.5. The maximum atomic E-state index is 12.5. The first-order chi connectivity index (χ1) is 13.0. The Morgan fingerprint density at radius 2 is 1.74 bits per heavy atom. The van der Waals surface area contributed by atoms with E-state index in [9.17, 15) is 4.79 Å². The lowest BCUT2D eigenvalue weighted by atomic mass is 10.1. The van der Waals surface area contributed by atoms with Crippen LogP contribution in [0.3, 0.4) is 0 Å². The molecule has 2 aromatic carbocycles. The molecule has 3 rings (SSSR count). The second-order valence-electron chi connectivity index (χ2n) is 6.26. The molecule has 1 amide bonds. The van der Waals surface area contributed by atoms with E-state index in [-0.39, 0.29) is 5.91 Å². The first kappa shape index (κ1) is 18.7. The molecule has 0 aliphatic heterocycles. The quantitative estimate of drug-likeness (QED) is 0.564. The molecule has 3 aromatic rings. The summed E-state index contributed by atoms with van der Waals surface area (Å²) in [6, 6.07) is 17.0. The minimum absolute atomic E-state index is 0.205. The van der Waals surface area contributed by atoms with E-state index in [1.54, 1.807) is 18.4 Å². The van der Waals surface area contributed by atoms with Crippen LogP contribution >= 0.6 is 12.2 Å². The molecule has 138 valence electrons. The van der Waals surface area contributed by atoms with Gasteiger partial charge in [0.05, 0.1) is 24.1 Å². The molecule has 0 spiro atoms. The van der Waals surface area contributed by atoms with Crippen molar-refractivity contribution in [2.75, 3.05) is 10.6 Å². The Morgan fingerprint density at radius 3 is 2.44 bits per heavy atom. The summed E-state index contributed by atoms with van der Waals surface area (Å²) in [4.78, 5) is 12.5. The molecule has 0 unspecified atom stereocenters. The van der Waals surface area contributed by atoms with Crippen LogP contribution in [0, 0.1) is 13.8 Å². The van der Waals surface area contributed by atoms with Crippen molar-refractivity contribution in [3.63, 3.8) is 0 Å². The van der Waals surface area contributed by atoms with Gasteiger partial charge in [-0.1, -0.05) is 18.2 Å². The SMILES string of the molecule is Cc1cc(C)cc(NC(=S)Nc2ccccc2C(=O)NCc2ccco2)c1. The number of carbonyl (C=O) groups excluding carboxylic acids is 1. The minimum atomic E-state index is -0.205. The number of aryl methyl sites for hydroxylation is 2. The fourth-order valence-electron chi connectivity index (χ4n) is 2.80. The van der Waals surface area contributed by atoms with Crippen LogP contribution in [0.4, 0.5) is 11.4 Å². The Kier molecular flexibility index (Phi) is 5.88. The Hall–Kier alpha value is -3.12. The number of hydrogen-bond acceptors (Lipinski definition) is 3. The number of thiocarbonyl (C=S) groups is 1. The van der Waals surface area contributed by atoms with E-state index in [0.29, 0.717) is 28.7 Å². The summed E-state index contributed by atoms with van der Waals surface area (Å²) in [5.41, 5.74) is 4.35. The van der Waals surface area contributed by atoms with Crippen molar-refractivity contribution >= 4 is 34.6 Å². The Balaban J connectivity index is 1.67. The van der Waals surface area contributed by atoms with E-state index < -0.39 is 0 Å². The number of nitrogens with one attached hydrogen (secondary N) is 3. The van der Waals surface area contributed by atoms with Gasteiger partial charge in [0.15, 0.2) is 5.11 Å². The smallest absolute Gasteiger partial charge is 0.253 e. The van der Waals surface area contributed by atoms with Crippen LogP contribution in [0.15, 0.2) is 65.3 Å². The molecule has 0 fully saturated rings. The van der Waals surface area contributed by atoms with Gasteiger partial charge < -0.3 is 20.4 Å². The van der Waals surface area contributed by atoms with Crippen molar-refractivity contribution in [3.8, 4) is 0 Å². The molecule has 0 bridgehead atoms. The lowest BCUT2D eigenvalue weighted by molar-refractivity contribution is 0.0949. The van der Waals surface area contributed by atoms with Crippen LogP contribution in [-0.4, -0.2) is 11.0 Å². The standard InChI is InChI=1S/C21H21N3O2S/c1-14-10-15(2)12-16(11-14)23-21(27)24-19-8-4-3-7-18(19)20(25)22-13-17-6-5-9-26-17/h3-12H,13H2,1-2H3,(H,22,25)(H2,23,24,27). The third kappa shape index (κ3) is 5.18. The normalized spacial score (nSPS) is 10.3. The summed E-state index contributed by atoms with van der Waals surface area (Å²) >= 11 is 5.41. The van der Waals surface area contributed by atoms with Gasteiger partial charge in [0.1, 0.15) is 5.76 Å². The van der Waals surface area contributed by atoms with Crippen LogP contribution in [-0.2, 0) is 6.54 Å². The van der Waals surface area contributed by atoms with Gasteiger partial charge in [0, 0.05) is 5.69 Å². The number of rotatable bonds is 5. The van der Waals surface area contributed by atoms with E-state index >= 15 is 0 Å². The fourth-order valence-corrected chi connectivity index (χ4v) is 3.03. The van der Waals surface area contributed by atoms with Crippen LogP contribution < -0.4 is 16.0 Å². The van der Waals surface area contributed by atoms with Crippen molar-refractivity contribution < 1.29 is 9.21 Å². The molecule has 5 nitrogen and oxygen atoms in total. The molecular formula is C21H21N3O2S. The van der Waals surface area contributed by atoms with Gasteiger partial charge in [-0.25, -0.2) is 0 Å². The second-order valence-corrected chi connectivity index (χ2v) is 6.67. The van der Waals surface area contributed by atoms with Crippen LogP contribution in [0.25, 0.3) is 0 Å². The number of benzene rings is 2. The molecule has 1 aromatic heterocycles. The molecule has 3 N–H and O–H groups in total. The van der Waals surface area contributed by atoms with Crippen molar-refractivity contribution in [1.82, 2.24) is 5.32 Å². The number of amides is 1. The number of hydrogen-bond donors (Lipinski definition) is 3. The zero-order chi connectivity index (χ0) is 19.2. The molecule has 1 heterocycles. The van der Waals surface area contributed by atoms with Gasteiger partial charge in [0.2, 0.25) is 0 Å². The predicted octanol–water partition coefficient (Wildman–Crippen LogP) is 4.64. The number of carbonyl (C=O) groups is 1. The number of anilines is 2. The highest BCUT2D eigenvalue weighted by atomic mass is 32.1. The topological polar surface area (TPSA) is 66.3 Å². The maximum Gasteiger partial charge on any atom is 0.253 e. The number of furan rings is 1. The van der Waals surface area contributed by atoms with E-state index in [1.807, 2.05) is 50.2 Å². The van der Waals surface area contributed by atoms with E-state index in [4.69, 9.17) is 16.6 Å². The Bertz CT molecular complexity index is 932. The minimum Gasteiger partial charge on any atom is -0.467 e. The van der Waals surface area contributed by atoms with Gasteiger partial charge in [-0.15, -0.1) is 0 Å². The molecule has 27 heavy (non-hydrogen) atoms. The average molecular weight is 379 g/mol. The zero-order valence-corrected chi connectivity index (χ0v) is 16.0. The van der Waals surface area contributed by atoms with Gasteiger partial charge in [-0.05, 0) is 73.6 Å². The van der Waals surface area contributed by atoms with Gasteiger partial charge in [-0.3, -0.25) is 4.79 Å². The summed E-state index contributed by atoms with van der Waals surface area (Å²) in [5.74, 6) is 0.490. The van der Waals surface area contributed by atoms with Crippen LogP contribution in [0.1, 0.15) is 27.2 Å². The average Bonchev–Trinajstić information content (AvgIpc) is 3.12.